The van der Waals surface area contributed by atoms with Gasteiger partial charge in [0.15, 0.2) is 6.10 Å². The number of ether oxygens (including phenoxy) is 1. The molecule has 0 fully saturated rings. The molecule has 0 aromatic heterocycles. The van der Waals surface area contributed by atoms with E-state index in [-0.39, 0.29) is 5.91 Å². The largest absolute Gasteiger partial charge is 0.481 e. The molecule has 0 saturated carbocycles. The van der Waals surface area contributed by atoms with Crippen LogP contribution in [0.15, 0.2) is 42.5 Å². The molecule has 1 N–H and O–H groups in total. The third-order valence-electron chi connectivity index (χ3n) is 4.15. The lowest BCUT2D eigenvalue weighted by Crippen LogP contribution is -2.30. The molecule has 0 heterocycles. The van der Waals surface area contributed by atoms with Crippen molar-refractivity contribution >= 4 is 27.3 Å². The minimum Gasteiger partial charge on any atom is -0.481 e. The van der Waals surface area contributed by atoms with Gasteiger partial charge in [-0.25, -0.2) is 8.42 Å². The molecule has 2 rings (SSSR count). The topological polar surface area (TPSA) is 75.7 Å². The molecule has 140 valence electrons. The Labute approximate surface area is 154 Å². The number of aryl methyl sites for hydroxylation is 2. The molecule has 0 bridgehead atoms. The van der Waals surface area contributed by atoms with Gasteiger partial charge in [-0.2, -0.15) is 0 Å². The molecule has 0 spiro atoms. The van der Waals surface area contributed by atoms with E-state index >= 15 is 0 Å². The molecule has 1 unspecified atom stereocenters. The minimum atomic E-state index is -3.32. The number of benzene rings is 2. The number of carbonyl (C=O) groups is 1. The van der Waals surface area contributed by atoms with Gasteiger partial charge in [0.25, 0.3) is 5.91 Å². The van der Waals surface area contributed by atoms with Crippen LogP contribution in [-0.4, -0.2) is 33.7 Å². The van der Waals surface area contributed by atoms with Crippen LogP contribution < -0.4 is 14.4 Å². The van der Waals surface area contributed by atoms with E-state index < -0.39 is 16.1 Å². The fourth-order valence-electron chi connectivity index (χ4n) is 2.25. The molecule has 2 aromatic rings. The summed E-state index contributed by atoms with van der Waals surface area (Å²) in [6.07, 6.45) is 0.437. The third-order valence-corrected chi connectivity index (χ3v) is 5.36. The van der Waals surface area contributed by atoms with Gasteiger partial charge in [0, 0.05) is 12.7 Å². The normalized spacial score (nSPS) is 12.3. The van der Waals surface area contributed by atoms with E-state index in [1.54, 1.807) is 31.2 Å². The van der Waals surface area contributed by atoms with E-state index in [0.717, 1.165) is 23.1 Å². The summed E-state index contributed by atoms with van der Waals surface area (Å²) in [4.78, 5) is 12.3. The van der Waals surface area contributed by atoms with Crippen molar-refractivity contribution in [3.63, 3.8) is 0 Å². The van der Waals surface area contributed by atoms with Crippen LogP contribution in [0.2, 0.25) is 0 Å². The Kier molecular flexibility index (Phi) is 5.92. The lowest BCUT2D eigenvalue weighted by Gasteiger charge is -2.18. The Morgan fingerprint density at radius 1 is 1.08 bits per heavy atom. The Bertz CT molecular complexity index is 892. The summed E-state index contributed by atoms with van der Waals surface area (Å²) in [6, 6.07) is 12.2. The lowest BCUT2D eigenvalue weighted by atomic mass is 10.1. The molecule has 0 aliphatic carbocycles. The fraction of sp³-hybridized carbons (Fsp3) is 0.316. The number of amides is 1. The van der Waals surface area contributed by atoms with Gasteiger partial charge in [-0.1, -0.05) is 6.07 Å². The number of rotatable bonds is 6. The van der Waals surface area contributed by atoms with E-state index in [4.69, 9.17) is 4.74 Å². The average molecular weight is 376 g/mol. The number of nitrogens with one attached hydrogen (secondary N) is 1. The van der Waals surface area contributed by atoms with Crippen LogP contribution in [0.4, 0.5) is 11.4 Å². The van der Waals surface area contributed by atoms with Gasteiger partial charge in [-0.3, -0.25) is 9.10 Å². The second-order valence-corrected chi connectivity index (χ2v) is 8.29. The monoisotopic (exact) mass is 376 g/mol. The summed E-state index contributed by atoms with van der Waals surface area (Å²) in [6.45, 7) is 5.66. The van der Waals surface area contributed by atoms with E-state index in [2.05, 4.69) is 5.32 Å². The van der Waals surface area contributed by atoms with Crippen LogP contribution in [0, 0.1) is 13.8 Å². The zero-order chi connectivity index (χ0) is 19.5. The van der Waals surface area contributed by atoms with E-state index in [0.29, 0.717) is 11.4 Å². The molecule has 6 nitrogen and oxygen atoms in total. The maximum atomic E-state index is 12.3. The smallest absolute Gasteiger partial charge is 0.265 e. The summed E-state index contributed by atoms with van der Waals surface area (Å²) >= 11 is 0. The van der Waals surface area contributed by atoms with E-state index in [1.807, 2.05) is 32.0 Å². The van der Waals surface area contributed by atoms with Crippen LogP contribution >= 0.6 is 0 Å². The summed E-state index contributed by atoms with van der Waals surface area (Å²) in [5, 5.41) is 2.83. The van der Waals surface area contributed by atoms with Crippen LogP contribution in [-0.2, 0) is 14.8 Å². The molecule has 7 heteroatoms. The van der Waals surface area contributed by atoms with Crippen molar-refractivity contribution in [2.75, 3.05) is 22.9 Å². The van der Waals surface area contributed by atoms with Crippen molar-refractivity contribution in [3.05, 3.63) is 53.6 Å². The average Bonchev–Trinajstić information content (AvgIpc) is 2.57. The molecular formula is C19H24N2O4S. The van der Waals surface area contributed by atoms with Gasteiger partial charge in [-0.15, -0.1) is 0 Å². The van der Waals surface area contributed by atoms with Gasteiger partial charge in [0.2, 0.25) is 10.0 Å². The predicted octanol–water partition coefficient (Wildman–Crippen LogP) is 3.11. The number of hydrogen-bond donors (Lipinski definition) is 1. The lowest BCUT2D eigenvalue weighted by molar-refractivity contribution is -0.122. The van der Waals surface area contributed by atoms with E-state index in [1.165, 1.54) is 11.4 Å². The SMILES string of the molecule is Cc1ccc(NC(=O)C(C)Oc2ccc(N(C)S(C)(=O)=O)cc2)cc1C. The Hall–Kier alpha value is -2.54. The zero-order valence-electron chi connectivity index (χ0n) is 15.6. The molecular weight excluding hydrogens is 352 g/mol. The molecule has 26 heavy (non-hydrogen) atoms. The van der Waals surface area contributed by atoms with Crippen molar-refractivity contribution in [2.24, 2.45) is 0 Å². The molecule has 2 aromatic carbocycles. The Balaban J connectivity index is 2.01. The van der Waals surface area contributed by atoms with Gasteiger partial charge in [-0.05, 0) is 68.3 Å². The summed E-state index contributed by atoms with van der Waals surface area (Å²) in [5.74, 6) is 0.226. The first-order valence-electron chi connectivity index (χ1n) is 8.16. The molecule has 0 saturated heterocycles. The molecule has 0 aliphatic heterocycles. The maximum Gasteiger partial charge on any atom is 0.265 e. The van der Waals surface area contributed by atoms with Crippen LogP contribution in [0.1, 0.15) is 18.1 Å². The number of anilines is 2. The van der Waals surface area contributed by atoms with Gasteiger partial charge in [0.1, 0.15) is 5.75 Å². The van der Waals surface area contributed by atoms with Gasteiger partial charge < -0.3 is 10.1 Å². The summed E-state index contributed by atoms with van der Waals surface area (Å²) < 4.78 is 29.9. The van der Waals surface area contributed by atoms with Crippen molar-refractivity contribution < 1.29 is 17.9 Å². The zero-order valence-corrected chi connectivity index (χ0v) is 16.4. The first-order chi connectivity index (χ1) is 12.1. The highest BCUT2D eigenvalue weighted by atomic mass is 32.2. The van der Waals surface area contributed by atoms with Crippen molar-refractivity contribution in [1.29, 1.82) is 0 Å². The number of nitrogens with zero attached hydrogens (tertiary/aromatic N) is 1. The second-order valence-electron chi connectivity index (χ2n) is 6.27. The fourth-order valence-corrected chi connectivity index (χ4v) is 2.75. The standard InChI is InChI=1S/C19H24N2O4S/c1-13-6-7-16(12-14(13)2)20-19(22)15(3)25-18-10-8-17(9-11-18)21(4)26(5,23)24/h6-12,15H,1-5H3,(H,20,22). The first kappa shape index (κ1) is 19.8. The quantitative estimate of drug-likeness (QED) is 0.840. The highest BCUT2D eigenvalue weighted by molar-refractivity contribution is 7.92. The van der Waals surface area contributed by atoms with Crippen LogP contribution in [0.25, 0.3) is 0 Å². The predicted molar refractivity (Wildman–Crippen MR) is 104 cm³/mol. The maximum absolute atomic E-state index is 12.3. The summed E-state index contributed by atoms with van der Waals surface area (Å²) in [5.41, 5.74) is 3.50. The van der Waals surface area contributed by atoms with Crippen molar-refractivity contribution in [1.82, 2.24) is 0 Å². The number of carbonyl (C=O) groups excluding carboxylic acids is 1. The van der Waals surface area contributed by atoms with Crippen LogP contribution in [0.3, 0.4) is 0 Å². The Morgan fingerprint density at radius 3 is 2.23 bits per heavy atom. The van der Waals surface area contributed by atoms with Gasteiger partial charge in [0.05, 0.1) is 11.9 Å². The van der Waals surface area contributed by atoms with Crippen LogP contribution in [0.5, 0.6) is 5.75 Å². The second kappa shape index (κ2) is 7.78. The Morgan fingerprint density at radius 2 is 1.69 bits per heavy atom. The molecule has 0 aliphatic rings. The third kappa shape index (κ3) is 4.98. The highest BCUT2D eigenvalue weighted by Gasteiger charge is 2.16. The van der Waals surface area contributed by atoms with Crippen molar-refractivity contribution in [3.8, 4) is 5.75 Å². The molecule has 1 atom stereocenters. The molecule has 1 amide bonds. The minimum absolute atomic E-state index is 0.259. The van der Waals surface area contributed by atoms with Gasteiger partial charge >= 0.3 is 0 Å². The molecule has 0 radical (unpaired) electrons. The summed E-state index contributed by atoms with van der Waals surface area (Å²) in [7, 11) is -1.84. The van der Waals surface area contributed by atoms with Crippen molar-refractivity contribution in [2.45, 2.75) is 26.9 Å². The first-order valence-corrected chi connectivity index (χ1v) is 10.0. The number of hydrogen-bond acceptors (Lipinski definition) is 4. The highest BCUT2D eigenvalue weighted by Crippen LogP contribution is 2.21. The number of sulfonamides is 1. The van der Waals surface area contributed by atoms with E-state index in [9.17, 15) is 13.2 Å².